The van der Waals surface area contributed by atoms with Crippen molar-refractivity contribution in [3.05, 3.63) is 11.6 Å². The highest BCUT2D eigenvalue weighted by atomic mass is 16.2. The van der Waals surface area contributed by atoms with E-state index < -0.39 is 0 Å². The molecule has 2 bridgehead atoms. The quantitative estimate of drug-likeness (QED) is 0.618. The van der Waals surface area contributed by atoms with Crippen LogP contribution in [-0.2, 0) is 4.79 Å². The van der Waals surface area contributed by atoms with Crippen LogP contribution in [0.2, 0.25) is 0 Å². The number of nitrogens with zero attached hydrogens (tertiary/aromatic N) is 2. The van der Waals surface area contributed by atoms with E-state index in [9.17, 15) is 4.79 Å². The molecule has 1 amide bonds. The van der Waals surface area contributed by atoms with Crippen LogP contribution < -0.4 is 0 Å². The molecule has 0 spiro atoms. The summed E-state index contributed by atoms with van der Waals surface area (Å²) in [6.07, 6.45) is 5.57. The molecule has 2 heterocycles. The van der Waals surface area contributed by atoms with Crippen molar-refractivity contribution in [1.29, 1.82) is 0 Å². The summed E-state index contributed by atoms with van der Waals surface area (Å²) in [4.78, 5) is 15.9. The molecule has 0 aromatic heterocycles. The molecule has 0 radical (unpaired) electrons. The number of fused-ring (bicyclic) bond motifs is 2. The van der Waals surface area contributed by atoms with Crippen LogP contribution in [0.25, 0.3) is 0 Å². The van der Waals surface area contributed by atoms with Crippen LogP contribution in [0.4, 0.5) is 0 Å². The summed E-state index contributed by atoms with van der Waals surface area (Å²) in [5, 5.41) is 0. The number of hydrogen-bond acceptors (Lipinski definition) is 2. The predicted molar refractivity (Wildman–Crippen MR) is 56.0 cm³/mol. The normalized spacial score (nSPS) is 31.5. The van der Waals surface area contributed by atoms with Crippen molar-refractivity contribution in [3.8, 4) is 0 Å². The maximum absolute atomic E-state index is 11.9. The van der Waals surface area contributed by atoms with Crippen LogP contribution in [0.3, 0.4) is 0 Å². The molecule has 14 heavy (non-hydrogen) atoms. The fourth-order valence-corrected chi connectivity index (χ4v) is 2.56. The van der Waals surface area contributed by atoms with Gasteiger partial charge in [-0.15, -0.1) is 0 Å². The lowest BCUT2D eigenvalue weighted by atomic mass is 10.0. The molecule has 3 nitrogen and oxygen atoms in total. The number of carbonyl (C=O) groups excluding carboxylic acids is 1. The smallest absolute Gasteiger partial charge is 0.250 e. The van der Waals surface area contributed by atoms with Crippen molar-refractivity contribution in [3.63, 3.8) is 0 Å². The van der Waals surface area contributed by atoms with Crippen LogP contribution in [-0.4, -0.2) is 48.9 Å². The van der Waals surface area contributed by atoms with Crippen molar-refractivity contribution in [1.82, 2.24) is 9.80 Å². The van der Waals surface area contributed by atoms with E-state index in [1.165, 1.54) is 6.42 Å². The van der Waals surface area contributed by atoms with E-state index in [0.717, 1.165) is 18.4 Å². The van der Waals surface area contributed by atoms with Crippen LogP contribution >= 0.6 is 0 Å². The molecule has 0 aromatic carbocycles. The zero-order chi connectivity index (χ0) is 10.3. The highest BCUT2D eigenvalue weighted by molar-refractivity contribution is 5.94. The number of rotatable bonds is 1. The van der Waals surface area contributed by atoms with Crippen molar-refractivity contribution >= 4 is 5.91 Å². The minimum absolute atomic E-state index is 0.183. The lowest BCUT2D eigenvalue weighted by Crippen LogP contribution is -2.41. The highest BCUT2D eigenvalue weighted by Crippen LogP contribution is 2.34. The summed E-state index contributed by atoms with van der Waals surface area (Å²) in [7, 11) is 5.78. The van der Waals surface area contributed by atoms with Gasteiger partial charge < -0.3 is 4.90 Å². The Morgan fingerprint density at radius 3 is 2.86 bits per heavy atom. The summed E-state index contributed by atoms with van der Waals surface area (Å²) in [6.45, 7) is 0. The van der Waals surface area contributed by atoms with E-state index in [1.54, 1.807) is 4.90 Å². The third kappa shape index (κ3) is 1.36. The van der Waals surface area contributed by atoms with Crippen molar-refractivity contribution < 1.29 is 4.79 Å². The Balaban J connectivity index is 2.21. The molecule has 2 aliphatic rings. The topological polar surface area (TPSA) is 23.6 Å². The lowest BCUT2D eigenvalue weighted by Gasteiger charge is -2.31. The molecule has 1 saturated heterocycles. The SMILES string of the molecule is CN(C)C(=O)C1=CC[C@@H]2CC[C@H]1N2C. The van der Waals surface area contributed by atoms with Crippen molar-refractivity contribution in [2.75, 3.05) is 21.1 Å². The van der Waals surface area contributed by atoms with E-state index in [0.29, 0.717) is 12.1 Å². The zero-order valence-electron chi connectivity index (χ0n) is 9.16. The van der Waals surface area contributed by atoms with Gasteiger partial charge in [0.15, 0.2) is 0 Å². The Morgan fingerprint density at radius 2 is 2.21 bits per heavy atom. The molecule has 3 heteroatoms. The van der Waals surface area contributed by atoms with Gasteiger partial charge in [-0.25, -0.2) is 0 Å². The third-order valence-corrected chi connectivity index (χ3v) is 3.46. The predicted octanol–water partition coefficient (Wildman–Crippen LogP) is 0.867. The number of hydrogen-bond donors (Lipinski definition) is 0. The van der Waals surface area contributed by atoms with Gasteiger partial charge in [-0.1, -0.05) is 6.08 Å². The lowest BCUT2D eigenvalue weighted by molar-refractivity contribution is -0.125. The van der Waals surface area contributed by atoms with Crippen LogP contribution in [0.15, 0.2) is 11.6 Å². The van der Waals surface area contributed by atoms with Gasteiger partial charge in [-0.3, -0.25) is 9.69 Å². The summed E-state index contributed by atoms with van der Waals surface area (Å²) in [5.41, 5.74) is 1.01. The van der Waals surface area contributed by atoms with E-state index >= 15 is 0 Å². The number of likely N-dealkylation sites (N-methyl/N-ethyl adjacent to an activating group) is 2. The van der Waals surface area contributed by atoms with E-state index in [1.807, 2.05) is 14.1 Å². The molecular weight excluding hydrogens is 176 g/mol. The average molecular weight is 194 g/mol. The van der Waals surface area contributed by atoms with Gasteiger partial charge in [0, 0.05) is 31.8 Å². The molecule has 1 fully saturated rings. The van der Waals surface area contributed by atoms with Gasteiger partial charge in [-0.2, -0.15) is 0 Å². The minimum Gasteiger partial charge on any atom is -0.345 e. The molecule has 2 rings (SSSR count). The maximum atomic E-state index is 11.9. The van der Waals surface area contributed by atoms with Crippen molar-refractivity contribution in [2.24, 2.45) is 0 Å². The van der Waals surface area contributed by atoms with Crippen LogP contribution in [0.1, 0.15) is 19.3 Å². The fourth-order valence-electron chi connectivity index (χ4n) is 2.56. The molecule has 2 aliphatic heterocycles. The van der Waals surface area contributed by atoms with Gasteiger partial charge in [-0.05, 0) is 26.3 Å². The second-order valence-corrected chi connectivity index (χ2v) is 4.51. The first kappa shape index (κ1) is 9.71. The van der Waals surface area contributed by atoms with Gasteiger partial charge in [0.2, 0.25) is 0 Å². The second kappa shape index (κ2) is 3.39. The first-order valence-corrected chi connectivity index (χ1v) is 5.25. The molecule has 2 atom stereocenters. The average Bonchev–Trinajstić information content (AvgIpc) is 2.38. The largest absolute Gasteiger partial charge is 0.345 e. The maximum Gasteiger partial charge on any atom is 0.250 e. The summed E-state index contributed by atoms with van der Waals surface area (Å²) < 4.78 is 0. The fraction of sp³-hybridized carbons (Fsp3) is 0.727. The second-order valence-electron chi connectivity index (χ2n) is 4.51. The molecule has 78 valence electrons. The summed E-state index contributed by atoms with van der Waals surface area (Å²) in [5.74, 6) is 0.183. The third-order valence-electron chi connectivity index (χ3n) is 3.46. The molecule has 0 aromatic rings. The minimum atomic E-state index is 0.183. The monoisotopic (exact) mass is 194 g/mol. The Morgan fingerprint density at radius 1 is 1.50 bits per heavy atom. The highest BCUT2D eigenvalue weighted by Gasteiger charge is 2.38. The van der Waals surface area contributed by atoms with Crippen LogP contribution in [0, 0.1) is 0 Å². The number of carbonyl (C=O) groups is 1. The van der Waals surface area contributed by atoms with E-state index in [-0.39, 0.29) is 5.91 Å². The van der Waals surface area contributed by atoms with Gasteiger partial charge in [0.05, 0.1) is 0 Å². The Labute approximate surface area is 85.4 Å². The molecule has 0 saturated carbocycles. The Bertz CT molecular complexity index is 283. The Kier molecular flexibility index (Phi) is 2.35. The first-order chi connectivity index (χ1) is 6.61. The van der Waals surface area contributed by atoms with Gasteiger partial charge >= 0.3 is 0 Å². The molecule has 0 aliphatic carbocycles. The van der Waals surface area contributed by atoms with Crippen molar-refractivity contribution in [2.45, 2.75) is 31.3 Å². The number of amides is 1. The molecule has 0 N–H and O–H groups in total. The summed E-state index contributed by atoms with van der Waals surface area (Å²) in [6, 6.07) is 1.06. The molecular formula is C11H18N2O. The van der Waals surface area contributed by atoms with E-state index in [2.05, 4.69) is 18.0 Å². The van der Waals surface area contributed by atoms with E-state index in [4.69, 9.17) is 0 Å². The first-order valence-electron chi connectivity index (χ1n) is 5.25. The Hall–Kier alpha value is -0.830. The van der Waals surface area contributed by atoms with Crippen LogP contribution in [0.5, 0.6) is 0 Å². The standard InChI is InChI=1S/C11H18N2O/c1-12(2)11(14)9-6-4-8-5-7-10(9)13(8)3/h6,8,10H,4-5,7H2,1-3H3/t8-,10-/m1/s1. The summed E-state index contributed by atoms with van der Waals surface area (Å²) >= 11 is 0. The molecule has 0 unspecified atom stereocenters. The zero-order valence-corrected chi connectivity index (χ0v) is 9.16. The van der Waals surface area contributed by atoms with Gasteiger partial charge in [0.25, 0.3) is 5.91 Å². The van der Waals surface area contributed by atoms with Gasteiger partial charge in [0.1, 0.15) is 0 Å².